The van der Waals surface area contributed by atoms with Gasteiger partial charge in [-0.3, -0.25) is 20.0 Å². The molecule has 2 N–H and O–H groups in total. The fraction of sp³-hybridized carbons (Fsp3) is 0.143. The average molecular weight is 318 g/mol. The molecule has 1 amide bonds. The number of aromatic amines is 1. The van der Waals surface area contributed by atoms with Crippen LogP contribution in [-0.4, -0.2) is 25.5 Å². The van der Waals surface area contributed by atoms with Crippen molar-refractivity contribution in [3.05, 3.63) is 56.5 Å². The number of H-pyrrole nitrogens is 1. The Kier molecular flexibility index (Phi) is 3.42. The van der Waals surface area contributed by atoms with Gasteiger partial charge in [0, 0.05) is 21.8 Å². The number of fused-ring (bicyclic) bond motifs is 1. The van der Waals surface area contributed by atoms with Gasteiger partial charge in [-0.2, -0.15) is 9.50 Å². The zero-order valence-electron chi connectivity index (χ0n) is 11.8. The van der Waals surface area contributed by atoms with Crippen molar-refractivity contribution in [2.24, 2.45) is 0 Å². The summed E-state index contributed by atoms with van der Waals surface area (Å²) < 4.78 is 1.19. The fourth-order valence-electron chi connectivity index (χ4n) is 1.94. The Morgan fingerprint density at radius 2 is 1.91 bits per heavy atom. The van der Waals surface area contributed by atoms with Crippen LogP contribution in [0.2, 0.25) is 5.02 Å². The Hall–Kier alpha value is -2.67. The Morgan fingerprint density at radius 3 is 2.59 bits per heavy atom. The van der Waals surface area contributed by atoms with Gasteiger partial charge in [-0.25, -0.2) is 4.98 Å². The number of benzene rings is 1. The van der Waals surface area contributed by atoms with Gasteiger partial charge in [0.1, 0.15) is 0 Å². The molecule has 22 heavy (non-hydrogen) atoms. The molecular weight excluding hydrogens is 306 g/mol. The highest BCUT2D eigenvalue weighted by atomic mass is 35.5. The summed E-state index contributed by atoms with van der Waals surface area (Å²) in [5.41, 5.74) is 1.31. The average Bonchev–Trinajstić information content (AvgIpc) is 2.88. The van der Waals surface area contributed by atoms with Gasteiger partial charge in [0.25, 0.3) is 17.2 Å². The van der Waals surface area contributed by atoms with Crippen molar-refractivity contribution in [2.45, 2.75) is 13.8 Å². The smallest absolute Gasteiger partial charge is 0.277 e. The minimum atomic E-state index is -0.364. The number of nitrogens with zero attached hydrogens (tertiary/aromatic N) is 3. The van der Waals surface area contributed by atoms with Crippen LogP contribution in [0.25, 0.3) is 5.78 Å². The lowest BCUT2D eigenvalue weighted by molar-refractivity contribution is 0.102. The molecule has 0 fully saturated rings. The summed E-state index contributed by atoms with van der Waals surface area (Å²) in [6.07, 6.45) is 0. The maximum absolute atomic E-state index is 12.1. The van der Waals surface area contributed by atoms with Gasteiger partial charge < -0.3 is 0 Å². The standard InChI is InChI=1S/C14H12ClN5O2/c1-7-8(2)16-14-18-13(19-20(14)12(7)22)17-11(21)9-3-5-10(15)6-4-9/h3-6H,1-2H3,(H2,16,17,18,19,21). The topological polar surface area (TPSA) is 92.2 Å². The predicted molar refractivity (Wildman–Crippen MR) is 82.5 cm³/mol. The van der Waals surface area contributed by atoms with E-state index in [1.54, 1.807) is 38.1 Å². The molecule has 2 heterocycles. The van der Waals surface area contributed by atoms with Crippen LogP contribution in [0.3, 0.4) is 0 Å². The van der Waals surface area contributed by atoms with E-state index < -0.39 is 0 Å². The number of amides is 1. The largest absolute Gasteiger partial charge is 0.291 e. The Bertz CT molecular complexity index is 927. The number of nitrogens with one attached hydrogen (secondary N) is 2. The number of carbonyl (C=O) groups excluding carboxylic acids is 1. The van der Waals surface area contributed by atoms with Crippen LogP contribution >= 0.6 is 11.6 Å². The molecule has 112 valence electrons. The quantitative estimate of drug-likeness (QED) is 0.755. The Balaban J connectivity index is 1.94. The number of anilines is 1. The van der Waals surface area contributed by atoms with E-state index in [2.05, 4.69) is 20.4 Å². The van der Waals surface area contributed by atoms with Crippen molar-refractivity contribution in [3.63, 3.8) is 0 Å². The third-order valence-corrected chi connectivity index (χ3v) is 3.55. The molecule has 0 aliphatic heterocycles. The molecule has 0 aliphatic carbocycles. The van der Waals surface area contributed by atoms with Crippen LogP contribution in [0.5, 0.6) is 0 Å². The highest BCUT2D eigenvalue weighted by Gasteiger charge is 2.12. The van der Waals surface area contributed by atoms with Gasteiger partial charge in [-0.05, 0) is 38.1 Å². The molecule has 0 bridgehead atoms. The second-order valence-corrected chi connectivity index (χ2v) is 5.23. The zero-order valence-corrected chi connectivity index (χ0v) is 12.6. The number of halogens is 1. The first-order valence-electron chi connectivity index (χ1n) is 6.48. The van der Waals surface area contributed by atoms with E-state index >= 15 is 0 Å². The predicted octanol–water partition coefficient (Wildman–Crippen LogP) is 1.94. The fourth-order valence-corrected chi connectivity index (χ4v) is 2.07. The van der Waals surface area contributed by atoms with E-state index in [1.807, 2.05) is 0 Å². The van der Waals surface area contributed by atoms with Crippen molar-refractivity contribution >= 4 is 29.2 Å². The van der Waals surface area contributed by atoms with Gasteiger partial charge >= 0.3 is 0 Å². The van der Waals surface area contributed by atoms with Crippen molar-refractivity contribution < 1.29 is 4.79 Å². The summed E-state index contributed by atoms with van der Waals surface area (Å²) in [6.45, 7) is 3.42. The summed E-state index contributed by atoms with van der Waals surface area (Å²) in [5, 5.41) is 5.84. The lowest BCUT2D eigenvalue weighted by atomic mass is 10.2. The summed E-state index contributed by atoms with van der Waals surface area (Å²) in [7, 11) is 0. The lowest BCUT2D eigenvalue weighted by Gasteiger charge is -2.01. The number of rotatable bonds is 2. The highest BCUT2D eigenvalue weighted by Crippen LogP contribution is 2.11. The summed E-state index contributed by atoms with van der Waals surface area (Å²) in [5.74, 6) is -0.00808. The molecule has 2 aromatic heterocycles. The van der Waals surface area contributed by atoms with E-state index in [1.165, 1.54) is 4.52 Å². The minimum absolute atomic E-state index is 0.148. The van der Waals surface area contributed by atoms with Crippen LogP contribution in [0.1, 0.15) is 21.6 Å². The number of hydrogen-bond donors (Lipinski definition) is 2. The van der Waals surface area contributed by atoms with E-state index in [0.717, 1.165) is 0 Å². The molecular formula is C14H12ClN5O2. The van der Waals surface area contributed by atoms with Crippen molar-refractivity contribution in [1.82, 2.24) is 19.6 Å². The van der Waals surface area contributed by atoms with Crippen LogP contribution in [0.4, 0.5) is 5.95 Å². The van der Waals surface area contributed by atoms with E-state index in [0.29, 0.717) is 21.8 Å². The molecule has 0 atom stereocenters. The van der Waals surface area contributed by atoms with Gasteiger partial charge in [0.2, 0.25) is 5.95 Å². The van der Waals surface area contributed by atoms with Crippen molar-refractivity contribution in [1.29, 1.82) is 0 Å². The maximum atomic E-state index is 12.1. The molecule has 8 heteroatoms. The first-order valence-corrected chi connectivity index (χ1v) is 6.86. The van der Waals surface area contributed by atoms with E-state index in [4.69, 9.17) is 11.6 Å². The van der Waals surface area contributed by atoms with Crippen molar-refractivity contribution in [2.75, 3.05) is 5.32 Å². The minimum Gasteiger partial charge on any atom is -0.291 e. The first-order chi connectivity index (χ1) is 10.5. The highest BCUT2D eigenvalue weighted by molar-refractivity contribution is 6.30. The SMILES string of the molecule is Cc1nc2nc(NC(=O)c3ccc(Cl)cc3)[nH]n2c(=O)c1C. The number of aromatic nitrogens is 4. The van der Waals surface area contributed by atoms with Crippen LogP contribution in [0.15, 0.2) is 29.1 Å². The number of carbonyl (C=O) groups is 1. The van der Waals surface area contributed by atoms with Crippen LogP contribution in [-0.2, 0) is 0 Å². The summed E-state index contributed by atoms with van der Waals surface area (Å²) in [4.78, 5) is 32.5. The lowest BCUT2D eigenvalue weighted by Crippen LogP contribution is -2.19. The van der Waals surface area contributed by atoms with E-state index in [-0.39, 0.29) is 23.2 Å². The Labute approximate surface area is 130 Å². The molecule has 1 aromatic carbocycles. The monoisotopic (exact) mass is 317 g/mol. The molecule has 0 radical (unpaired) electrons. The maximum Gasteiger partial charge on any atom is 0.277 e. The number of aryl methyl sites for hydroxylation is 1. The second-order valence-electron chi connectivity index (χ2n) is 4.80. The number of hydrogen-bond acceptors (Lipinski definition) is 4. The van der Waals surface area contributed by atoms with Gasteiger partial charge in [-0.15, -0.1) is 0 Å². The molecule has 0 unspecified atom stereocenters. The molecule has 0 aliphatic rings. The normalized spacial score (nSPS) is 10.9. The molecule has 3 rings (SSSR count). The summed E-state index contributed by atoms with van der Waals surface area (Å²) >= 11 is 5.78. The Morgan fingerprint density at radius 1 is 1.23 bits per heavy atom. The third kappa shape index (κ3) is 2.46. The van der Waals surface area contributed by atoms with Crippen LogP contribution in [0, 0.1) is 13.8 Å². The third-order valence-electron chi connectivity index (χ3n) is 3.30. The second kappa shape index (κ2) is 5.27. The van der Waals surface area contributed by atoms with Gasteiger partial charge in [-0.1, -0.05) is 11.6 Å². The van der Waals surface area contributed by atoms with Gasteiger partial charge in [0.15, 0.2) is 0 Å². The molecule has 0 spiro atoms. The van der Waals surface area contributed by atoms with Gasteiger partial charge in [0.05, 0.1) is 0 Å². The zero-order chi connectivity index (χ0) is 15.9. The molecule has 0 saturated carbocycles. The molecule has 0 saturated heterocycles. The van der Waals surface area contributed by atoms with Crippen molar-refractivity contribution in [3.8, 4) is 0 Å². The first kappa shape index (κ1) is 14.3. The van der Waals surface area contributed by atoms with E-state index in [9.17, 15) is 9.59 Å². The molecule has 3 aromatic rings. The molecule has 7 nitrogen and oxygen atoms in total. The van der Waals surface area contributed by atoms with Crippen LogP contribution < -0.4 is 10.9 Å². The summed E-state index contributed by atoms with van der Waals surface area (Å²) in [6, 6.07) is 6.43.